The molecule has 0 unspecified atom stereocenters. The molecule has 0 aromatic heterocycles. The van der Waals surface area contributed by atoms with E-state index in [1.165, 1.54) is 32.1 Å². The van der Waals surface area contributed by atoms with Crippen molar-refractivity contribution in [3.63, 3.8) is 0 Å². The van der Waals surface area contributed by atoms with Gasteiger partial charge in [0.1, 0.15) is 12.4 Å². The van der Waals surface area contributed by atoms with Crippen LogP contribution in [0.5, 0.6) is 5.75 Å². The summed E-state index contributed by atoms with van der Waals surface area (Å²) in [6.07, 6.45) is 3.10. The molecule has 0 aliphatic carbocycles. The average Bonchev–Trinajstić information content (AvgIpc) is 2.59. The first-order valence-corrected chi connectivity index (χ1v) is 8.15. The summed E-state index contributed by atoms with van der Waals surface area (Å²) in [6.45, 7) is 2.44. The SMILES string of the molecule is CC(=O)OCc1cc(C(=O)C=Cc2ccc(Cl)cc2)ccc1OC(C)=O. The maximum absolute atomic E-state index is 12.4. The zero-order valence-electron chi connectivity index (χ0n) is 14.3. The van der Waals surface area contributed by atoms with E-state index in [1.54, 1.807) is 36.4 Å². The van der Waals surface area contributed by atoms with Crippen LogP contribution in [0.15, 0.2) is 48.5 Å². The molecule has 0 aliphatic rings. The van der Waals surface area contributed by atoms with Gasteiger partial charge in [-0.1, -0.05) is 29.8 Å². The number of ketones is 1. The monoisotopic (exact) mass is 372 g/mol. The van der Waals surface area contributed by atoms with Crippen molar-refractivity contribution >= 4 is 35.4 Å². The standard InChI is InChI=1S/C20H17ClO5/c1-13(22)25-12-17-11-16(6-10-20(17)26-14(2)23)19(24)9-5-15-3-7-18(21)8-4-15/h3-11H,12H2,1-2H3. The van der Waals surface area contributed by atoms with Gasteiger partial charge in [0.25, 0.3) is 0 Å². The molecule has 26 heavy (non-hydrogen) atoms. The van der Waals surface area contributed by atoms with Crippen molar-refractivity contribution in [1.82, 2.24) is 0 Å². The summed E-state index contributed by atoms with van der Waals surface area (Å²) in [5.41, 5.74) is 1.65. The zero-order valence-corrected chi connectivity index (χ0v) is 15.1. The van der Waals surface area contributed by atoms with E-state index in [1.807, 2.05) is 0 Å². The smallest absolute Gasteiger partial charge is 0.308 e. The molecule has 0 heterocycles. The van der Waals surface area contributed by atoms with Gasteiger partial charge in [-0.15, -0.1) is 0 Å². The summed E-state index contributed by atoms with van der Waals surface area (Å²) < 4.78 is 10.0. The second-order valence-electron chi connectivity index (χ2n) is 5.45. The Hall–Kier alpha value is -2.92. The van der Waals surface area contributed by atoms with E-state index in [4.69, 9.17) is 21.1 Å². The van der Waals surface area contributed by atoms with Gasteiger partial charge in [0, 0.05) is 30.0 Å². The zero-order chi connectivity index (χ0) is 19.1. The number of hydrogen-bond acceptors (Lipinski definition) is 5. The van der Waals surface area contributed by atoms with Crippen molar-refractivity contribution in [3.05, 3.63) is 70.3 Å². The van der Waals surface area contributed by atoms with Crippen molar-refractivity contribution in [2.45, 2.75) is 20.5 Å². The molecule has 0 amide bonds. The summed E-state index contributed by atoms with van der Waals surface area (Å²) in [7, 11) is 0. The first-order chi connectivity index (χ1) is 12.3. The molecule has 0 spiro atoms. The Morgan fingerprint density at radius 1 is 1.00 bits per heavy atom. The molecule has 2 aromatic carbocycles. The highest BCUT2D eigenvalue weighted by Crippen LogP contribution is 2.22. The lowest BCUT2D eigenvalue weighted by atomic mass is 10.1. The molecule has 2 rings (SSSR count). The van der Waals surface area contributed by atoms with Gasteiger partial charge in [0.05, 0.1) is 0 Å². The lowest BCUT2D eigenvalue weighted by Crippen LogP contribution is -2.07. The summed E-state index contributed by atoms with van der Waals surface area (Å²) >= 11 is 5.83. The van der Waals surface area contributed by atoms with Gasteiger partial charge in [-0.2, -0.15) is 0 Å². The maximum atomic E-state index is 12.4. The number of esters is 2. The third kappa shape index (κ3) is 5.86. The Morgan fingerprint density at radius 3 is 2.31 bits per heavy atom. The molecule has 0 saturated carbocycles. The second kappa shape index (κ2) is 8.97. The van der Waals surface area contributed by atoms with Crippen LogP contribution in [0.1, 0.15) is 35.3 Å². The molecule has 0 saturated heterocycles. The Bertz CT molecular complexity index is 853. The summed E-state index contributed by atoms with van der Waals surface area (Å²) in [5.74, 6) is -0.968. The first kappa shape index (κ1) is 19.4. The fraction of sp³-hybridized carbons (Fsp3) is 0.150. The molecule has 0 atom stereocenters. The number of rotatable bonds is 6. The summed E-state index contributed by atoms with van der Waals surface area (Å²) in [6, 6.07) is 11.6. The molecular formula is C20H17ClO5. The van der Waals surface area contributed by atoms with Crippen LogP contribution in [0.25, 0.3) is 6.08 Å². The van der Waals surface area contributed by atoms with Gasteiger partial charge in [0.15, 0.2) is 5.78 Å². The Kier molecular flexibility index (Phi) is 6.69. The van der Waals surface area contributed by atoms with Gasteiger partial charge >= 0.3 is 11.9 Å². The van der Waals surface area contributed by atoms with Crippen molar-refractivity contribution in [3.8, 4) is 5.75 Å². The number of benzene rings is 2. The molecule has 0 bridgehead atoms. The Morgan fingerprint density at radius 2 is 1.69 bits per heavy atom. The first-order valence-electron chi connectivity index (χ1n) is 7.78. The number of carbonyl (C=O) groups is 3. The van der Waals surface area contributed by atoms with Gasteiger partial charge in [-0.25, -0.2) is 0 Å². The van der Waals surface area contributed by atoms with Crippen LogP contribution < -0.4 is 4.74 Å². The van der Waals surface area contributed by atoms with E-state index in [-0.39, 0.29) is 18.1 Å². The molecule has 6 heteroatoms. The molecular weight excluding hydrogens is 356 g/mol. The Labute approximate surface area is 156 Å². The van der Waals surface area contributed by atoms with E-state index < -0.39 is 11.9 Å². The van der Waals surface area contributed by atoms with E-state index in [9.17, 15) is 14.4 Å². The third-order valence-electron chi connectivity index (χ3n) is 3.33. The molecule has 0 aliphatic heterocycles. The van der Waals surface area contributed by atoms with E-state index in [0.29, 0.717) is 16.1 Å². The van der Waals surface area contributed by atoms with Crippen LogP contribution in [0.3, 0.4) is 0 Å². The van der Waals surface area contributed by atoms with E-state index in [2.05, 4.69) is 0 Å². The minimum Gasteiger partial charge on any atom is -0.461 e. The minimum absolute atomic E-state index is 0.0973. The number of carbonyl (C=O) groups excluding carboxylic acids is 3. The molecule has 2 aromatic rings. The predicted molar refractivity (Wildman–Crippen MR) is 98.0 cm³/mol. The topological polar surface area (TPSA) is 69.7 Å². The number of allylic oxidation sites excluding steroid dienone is 1. The highest BCUT2D eigenvalue weighted by Gasteiger charge is 2.12. The van der Waals surface area contributed by atoms with Crippen LogP contribution in [-0.2, 0) is 20.9 Å². The normalized spacial score (nSPS) is 10.6. The van der Waals surface area contributed by atoms with Crippen LogP contribution in [0.2, 0.25) is 5.02 Å². The van der Waals surface area contributed by atoms with Crippen molar-refractivity contribution in [2.75, 3.05) is 0 Å². The average molecular weight is 373 g/mol. The molecule has 5 nitrogen and oxygen atoms in total. The van der Waals surface area contributed by atoms with Crippen LogP contribution in [-0.4, -0.2) is 17.7 Å². The minimum atomic E-state index is -0.504. The van der Waals surface area contributed by atoms with E-state index >= 15 is 0 Å². The quantitative estimate of drug-likeness (QED) is 0.328. The summed E-state index contributed by atoms with van der Waals surface area (Å²) in [5, 5.41) is 0.615. The third-order valence-corrected chi connectivity index (χ3v) is 3.58. The molecule has 0 N–H and O–H groups in total. The van der Waals surface area contributed by atoms with Crippen LogP contribution in [0, 0.1) is 0 Å². The Balaban J connectivity index is 2.22. The van der Waals surface area contributed by atoms with Gasteiger partial charge in [-0.05, 0) is 42.0 Å². The van der Waals surface area contributed by atoms with Gasteiger partial charge < -0.3 is 9.47 Å². The van der Waals surface area contributed by atoms with E-state index in [0.717, 1.165) is 5.56 Å². The molecule has 0 radical (unpaired) electrons. The lowest BCUT2D eigenvalue weighted by Gasteiger charge is -2.10. The fourth-order valence-electron chi connectivity index (χ4n) is 2.12. The van der Waals surface area contributed by atoms with Crippen molar-refractivity contribution < 1.29 is 23.9 Å². The van der Waals surface area contributed by atoms with Crippen LogP contribution >= 0.6 is 11.6 Å². The number of ether oxygens (including phenoxy) is 2. The highest BCUT2D eigenvalue weighted by atomic mass is 35.5. The highest BCUT2D eigenvalue weighted by molar-refractivity contribution is 6.30. The van der Waals surface area contributed by atoms with Gasteiger partial charge in [0.2, 0.25) is 0 Å². The van der Waals surface area contributed by atoms with Gasteiger partial charge in [-0.3, -0.25) is 14.4 Å². The second-order valence-corrected chi connectivity index (χ2v) is 5.88. The number of hydrogen-bond donors (Lipinski definition) is 0. The largest absolute Gasteiger partial charge is 0.461 e. The van der Waals surface area contributed by atoms with Crippen molar-refractivity contribution in [2.24, 2.45) is 0 Å². The van der Waals surface area contributed by atoms with Crippen LogP contribution in [0.4, 0.5) is 0 Å². The fourth-order valence-corrected chi connectivity index (χ4v) is 2.25. The summed E-state index contributed by atoms with van der Waals surface area (Å²) in [4.78, 5) is 34.6. The van der Waals surface area contributed by atoms with Crippen molar-refractivity contribution in [1.29, 1.82) is 0 Å². The molecule has 134 valence electrons. The maximum Gasteiger partial charge on any atom is 0.308 e. The molecule has 0 fully saturated rings. The number of halogens is 1. The lowest BCUT2D eigenvalue weighted by molar-refractivity contribution is -0.142. The predicted octanol–water partition coefficient (Wildman–Crippen LogP) is 4.22.